The highest BCUT2D eigenvalue weighted by atomic mass is 32.2. The van der Waals surface area contributed by atoms with E-state index in [2.05, 4.69) is 128 Å². The predicted octanol–water partition coefficient (Wildman–Crippen LogP) is 7.90. The Labute approximate surface area is 237 Å². The fraction of sp³-hybridized carbons (Fsp3) is 0.0857. The fourth-order valence-corrected chi connectivity index (χ4v) is 9.16. The van der Waals surface area contributed by atoms with Crippen molar-refractivity contribution in [3.63, 3.8) is 0 Å². The van der Waals surface area contributed by atoms with Crippen molar-refractivity contribution in [1.29, 1.82) is 0 Å². The number of rotatable bonds is 2. The van der Waals surface area contributed by atoms with Crippen LogP contribution in [0.4, 0.5) is 0 Å². The molecule has 5 aromatic carbocycles. The van der Waals surface area contributed by atoms with Gasteiger partial charge in [-0.15, -0.1) is 11.3 Å². The van der Waals surface area contributed by atoms with Crippen molar-refractivity contribution in [3.8, 4) is 5.69 Å². The van der Waals surface area contributed by atoms with Gasteiger partial charge in [0.25, 0.3) is 0 Å². The third-order valence-corrected chi connectivity index (χ3v) is 10.6. The molecule has 0 saturated carbocycles. The van der Waals surface area contributed by atoms with Crippen LogP contribution in [0, 0.1) is 20.8 Å². The van der Waals surface area contributed by atoms with Crippen molar-refractivity contribution in [2.24, 2.45) is 0 Å². The van der Waals surface area contributed by atoms with Gasteiger partial charge in [-0.2, -0.15) is 0 Å². The summed E-state index contributed by atoms with van der Waals surface area (Å²) in [5.74, 6) is 0. The number of aryl methyl sites for hydroxylation is 3. The number of para-hydroxylation sites is 1. The van der Waals surface area contributed by atoms with Crippen molar-refractivity contribution >= 4 is 77.4 Å². The van der Waals surface area contributed by atoms with Crippen LogP contribution >= 0.6 is 23.1 Å². The smallest absolute Gasteiger partial charge is 0.244 e. The molecular weight excluding hydrogens is 509 g/mol. The molecule has 0 atom stereocenters. The summed E-state index contributed by atoms with van der Waals surface area (Å²) in [4.78, 5) is 4.03. The van der Waals surface area contributed by atoms with Gasteiger partial charge in [0.15, 0.2) is 0 Å². The Bertz CT molecular complexity index is 2070. The van der Waals surface area contributed by atoms with Crippen LogP contribution in [0.5, 0.6) is 0 Å². The number of nitrogens with zero attached hydrogens (tertiary/aromatic N) is 1. The number of hydrogen-bond acceptors (Lipinski definition) is 2. The molecule has 0 amide bonds. The van der Waals surface area contributed by atoms with Gasteiger partial charge in [-0.05, 0) is 51.1 Å². The molecule has 39 heavy (non-hydrogen) atoms. The molecule has 2 aromatic heterocycles. The molecule has 0 aliphatic carbocycles. The monoisotopic (exact) mass is 535 g/mol. The first-order chi connectivity index (χ1) is 19.1. The second kappa shape index (κ2) is 8.64. The number of thiophene rings is 1. The molecule has 7 aromatic rings. The van der Waals surface area contributed by atoms with E-state index in [4.69, 9.17) is 0 Å². The number of benzene rings is 5. The second-order valence-electron chi connectivity index (χ2n) is 10.7. The van der Waals surface area contributed by atoms with Gasteiger partial charge in [-0.3, -0.25) is 0 Å². The Hall–Kier alpha value is -3.73. The first-order valence-electron chi connectivity index (χ1n) is 13.5. The summed E-state index contributed by atoms with van der Waals surface area (Å²) < 4.78 is 3.82. The van der Waals surface area contributed by atoms with Gasteiger partial charge in [0, 0.05) is 36.3 Å². The number of aromatic nitrogens is 1. The minimum Gasteiger partial charge on any atom is -0.301 e. The highest BCUT2D eigenvalue weighted by Crippen LogP contribution is 2.42. The van der Waals surface area contributed by atoms with Crippen molar-refractivity contribution in [3.05, 3.63) is 120 Å². The maximum Gasteiger partial charge on any atom is 0.244 e. The maximum absolute atomic E-state index is 2.48. The Kier molecular flexibility index (Phi) is 5.14. The standard InChI is InChI=1S/C35H26BNS2/c1-21-18-22(2)34(23(3)19-21)36-27-12-6-9-15-31(27)38-32-20-24(16-17-28(32)36)37-29-13-7-4-10-25(29)33-26-11-5-8-14-30(26)39-35(33)37/h4-20H,1-3H3. The molecule has 1 nitrogen and oxygen atoms in total. The highest BCUT2D eigenvalue weighted by Gasteiger charge is 2.33. The molecule has 0 radical (unpaired) electrons. The van der Waals surface area contributed by atoms with Crippen LogP contribution in [0.2, 0.25) is 0 Å². The number of fused-ring (bicyclic) bond motifs is 7. The Morgan fingerprint density at radius 2 is 1.33 bits per heavy atom. The first kappa shape index (κ1) is 23.2. The van der Waals surface area contributed by atoms with E-state index in [0.29, 0.717) is 0 Å². The van der Waals surface area contributed by atoms with Crippen LogP contribution in [0.3, 0.4) is 0 Å². The van der Waals surface area contributed by atoms with Crippen molar-refractivity contribution in [1.82, 2.24) is 4.57 Å². The summed E-state index contributed by atoms with van der Waals surface area (Å²) in [6, 6.07) is 38.5. The molecule has 0 saturated heterocycles. The zero-order valence-corrected chi connectivity index (χ0v) is 23.8. The third-order valence-electron chi connectivity index (χ3n) is 8.24. The summed E-state index contributed by atoms with van der Waals surface area (Å²) in [7, 11) is 0. The minimum absolute atomic E-state index is 0.234. The molecule has 3 heterocycles. The van der Waals surface area contributed by atoms with Gasteiger partial charge >= 0.3 is 0 Å². The summed E-state index contributed by atoms with van der Waals surface area (Å²) in [6.07, 6.45) is 0. The average Bonchev–Trinajstić information content (AvgIpc) is 3.46. The van der Waals surface area contributed by atoms with Crippen LogP contribution in [0.25, 0.3) is 36.9 Å². The summed E-state index contributed by atoms with van der Waals surface area (Å²) in [5.41, 5.74) is 10.8. The molecule has 0 N–H and O–H groups in total. The first-order valence-corrected chi connectivity index (χ1v) is 15.1. The largest absolute Gasteiger partial charge is 0.301 e. The van der Waals surface area contributed by atoms with E-state index >= 15 is 0 Å². The van der Waals surface area contributed by atoms with Gasteiger partial charge in [0.2, 0.25) is 6.71 Å². The van der Waals surface area contributed by atoms with E-state index in [0.717, 1.165) is 0 Å². The normalized spacial score (nSPS) is 12.8. The van der Waals surface area contributed by atoms with E-state index in [-0.39, 0.29) is 6.71 Å². The van der Waals surface area contributed by atoms with Gasteiger partial charge in [0.05, 0.1) is 5.52 Å². The lowest BCUT2D eigenvalue weighted by Gasteiger charge is -2.29. The van der Waals surface area contributed by atoms with E-state index < -0.39 is 0 Å². The van der Waals surface area contributed by atoms with Gasteiger partial charge in [-0.25, -0.2) is 0 Å². The van der Waals surface area contributed by atoms with Crippen LogP contribution in [-0.2, 0) is 0 Å². The quantitative estimate of drug-likeness (QED) is 0.204. The van der Waals surface area contributed by atoms with E-state index in [1.165, 1.54) is 79.8 Å². The highest BCUT2D eigenvalue weighted by molar-refractivity contribution is 8.00. The van der Waals surface area contributed by atoms with Crippen LogP contribution < -0.4 is 16.4 Å². The van der Waals surface area contributed by atoms with E-state index in [9.17, 15) is 0 Å². The van der Waals surface area contributed by atoms with Gasteiger partial charge < -0.3 is 4.57 Å². The molecule has 1 aliphatic rings. The molecule has 8 rings (SSSR count). The second-order valence-corrected chi connectivity index (χ2v) is 12.9. The maximum atomic E-state index is 2.48. The zero-order chi connectivity index (χ0) is 26.2. The molecule has 0 unspecified atom stereocenters. The van der Waals surface area contributed by atoms with Crippen LogP contribution in [0.15, 0.2) is 113 Å². The summed E-state index contributed by atoms with van der Waals surface area (Å²) in [5, 5.41) is 4.04. The van der Waals surface area contributed by atoms with E-state index in [1.54, 1.807) is 0 Å². The molecule has 0 fully saturated rings. The lowest BCUT2D eigenvalue weighted by molar-refractivity contribution is 1.18. The van der Waals surface area contributed by atoms with Gasteiger partial charge in [-0.1, -0.05) is 118 Å². The van der Waals surface area contributed by atoms with Crippen LogP contribution in [0.1, 0.15) is 16.7 Å². The third kappa shape index (κ3) is 3.41. The Morgan fingerprint density at radius 3 is 2.18 bits per heavy atom. The van der Waals surface area contributed by atoms with Crippen molar-refractivity contribution in [2.75, 3.05) is 0 Å². The summed E-state index contributed by atoms with van der Waals surface area (Å²) >= 11 is 3.81. The Morgan fingerprint density at radius 1 is 0.641 bits per heavy atom. The van der Waals surface area contributed by atoms with Crippen molar-refractivity contribution in [2.45, 2.75) is 30.6 Å². The minimum atomic E-state index is 0.234. The molecule has 0 bridgehead atoms. The van der Waals surface area contributed by atoms with Gasteiger partial charge in [0.1, 0.15) is 4.83 Å². The van der Waals surface area contributed by atoms with E-state index in [1.807, 2.05) is 23.1 Å². The molecule has 1 aliphatic heterocycles. The molecular formula is C35H26BNS2. The lowest BCUT2D eigenvalue weighted by Crippen LogP contribution is -2.56. The average molecular weight is 536 g/mol. The van der Waals surface area contributed by atoms with Crippen molar-refractivity contribution < 1.29 is 0 Å². The summed E-state index contributed by atoms with van der Waals surface area (Å²) in [6.45, 7) is 6.98. The molecule has 0 spiro atoms. The fourth-order valence-electron chi connectivity index (χ4n) is 6.74. The van der Waals surface area contributed by atoms with Crippen LogP contribution in [-0.4, -0.2) is 11.3 Å². The Balaban J connectivity index is 1.39. The zero-order valence-electron chi connectivity index (χ0n) is 22.2. The molecule has 4 heteroatoms. The molecule has 186 valence electrons. The SMILES string of the molecule is Cc1cc(C)c(B2c3ccccc3Sc3cc(-n4c5ccccc5c5c6ccccc6sc54)ccc32)c(C)c1. The number of hydrogen-bond donors (Lipinski definition) is 0. The predicted molar refractivity (Wildman–Crippen MR) is 172 cm³/mol. The lowest BCUT2D eigenvalue weighted by atomic mass is 9.35. The topological polar surface area (TPSA) is 4.93 Å².